The Bertz CT molecular complexity index is 723. The first-order valence-electron chi connectivity index (χ1n) is 8.59. The van der Waals surface area contributed by atoms with Gasteiger partial charge in [-0.15, -0.1) is 0 Å². The molecular weight excluding hydrogens is 336 g/mol. The summed E-state index contributed by atoms with van der Waals surface area (Å²) in [6.07, 6.45) is 0.126. The topological polar surface area (TPSA) is 32.8 Å². The van der Waals surface area contributed by atoms with E-state index >= 15 is 0 Å². The molecule has 0 atom stereocenters. The Morgan fingerprint density at radius 2 is 1.72 bits per heavy atom. The molecule has 1 fully saturated rings. The van der Waals surface area contributed by atoms with Crippen molar-refractivity contribution < 1.29 is 9.53 Å². The first kappa shape index (κ1) is 17.6. The van der Waals surface area contributed by atoms with Gasteiger partial charge in [0.1, 0.15) is 5.75 Å². The molecule has 132 valence electrons. The quantitative estimate of drug-likeness (QED) is 0.825. The van der Waals surface area contributed by atoms with E-state index in [2.05, 4.69) is 11.0 Å². The van der Waals surface area contributed by atoms with Gasteiger partial charge in [-0.1, -0.05) is 17.7 Å². The number of hydrogen-bond acceptors (Lipinski definition) is 3. The van der Waals surface area contributed by atoms with Crippen LogP contribution >= 0.6 is 11.6 Å². The van der Waals surface area contributed by atoms with Gasteiger partial charge < -0.3 is 14.5 Å². The van der Waals surface area contributed by atoms with Gasteiger partial charge in [0.25, 0.3) is 5.91 Å². The van der Waals surface area contributed by atoms with Crippen LogP contribution in [0.15, 0.2) is 48.5 Å². The fourth-order valence-corrected chi connectivity index (χ4v) is 3.16. The lowest BCUT2D eigenvalue weighted by molar-refractivity contribution is 0.0746. The van der Waals surface area contributed by atoms with E-state index in [-0.39, 0.29) is 12.0 Å². The first-order valence-corrected chi connectivity index (χ1v) is 8.97. The van der Waals surface area contributed by atoms with Crippen molar-refractivity contribution in [1.82, 2.24) is 4.90 Å². The zero-order chi connectivity index (χ0) is 17.8. The lowest BCUT2D eigenvalue weighted by atomic mass is 10.1. The van der Waals surface area contributed by atoms with Crippen molar-refractivity contribution in [2.75, 3.05) is 31.1 Å². The highest BCUT2D eigenvalue weighted by Gasteiger charge is 2.22. The summed E-state index contributed by atoms with van der Waals surface area (Å²) in [5.41, 5.74) is 1.81. The minimum Gasteiger partial charge on any atom is -0.491 e. The van der Waals surface area contributed by atoms with E-state index in [1.807, 2.05) is 61.2 Å². The second-order valence-corrected chi connectivity index (χ2v) is 6.89. The normalized spacial score (nSPS) is 14.7. The number of piperazine rings is 1. The van der Waals surface area contributed by atoms with Crippen LogP contribution < -0.4 is 9.64 Å². The molecule has 0 bridgehead atoms. The van der Waals surface area contributed by atoms with Gasteiger partial charge in [-0.3, -0.25) is 4.79 Å². The monoisotopic (exact) mass is 358 g/mol. The zero-order valence-corrected chi connectivity index (χ0v) is 15.4. The van der Waals surface area contributed by atoms with Crippen LogP contribution in [0.25, 0.3) is 0 Å². The summed E-state index contributed by atoms with van der Waals surface area (Å²) in [4.78, 5) is 16.8. The SMILES string of the molecule is CC(C)Oc1ccc(C(=O)N2CCN(c3cccc(Cl)c3)CC2)cc1. The fourth-order valence-electron chi connectivity index (χ4n) is 2.97. The number of benzene rings is 2. The molecule has 0 aromatic heterocycles. The summed E-state index contributed by atoms with van der Waals surface area (Å²) in [6.45, 7) is 6.99. The molecule has 0 aliphatic carbocycles. The summed E-state index contributed by atoms with van der Waals surface area (Å²) in [5, 5.41) is 0.736. The standard InChI is InChI=1S/C20H23ClN2O2/c1-15(2)25-19-8-6-16(7-9-19)20(24)23-12-10-22(11-13-23)18-5-3-4-17(21)14-18/h3-9,14-15H,10-13H2,1-2H3. The maximum atomic E-state index is 12.7. The molecule has 0 spiro atoms. The molecule has 25 heavy (non-hydrogen) atoms. The molecule has 0 N–H and O–H groups in total. The van der Waals surface area contributed by atoms with Crippen molar-refractivity contribution in [3.05, 3.63) is 59.1 Å². The van der Waals surface area contributed by atoms with Crippen LogP contribution in [-0.2, 0) is 0 Å². The molecule has 3 rings (SSSR count). The van der Waals surface area contributed by atoms with Crippen molar-refractivity contribution >= 4 is 23.2 Å². The maximum absolute atomic E-state index is 12.7. The average molecular weight is 359 g/mol. The highest BCUT2D eigenvalue weighted by molar-refractivity contribution is 6.30. The Labute approximate surface area is 154 Å². The third-order valence-electron chi connectivity index (χ3n) is 4.21. The number of nitrogens with zero attached hydrogens (tertiary/aromatic N) is 2. The summed E-state index contributed by atoms with van der Waals surface area (Å²) < 4.78 is 5.62. The predicted molar refractivity (Wildman–Crippen MR) is 102 cm³/mol. The highest BCUT2D eigenvalue weighted by atomic mass is 35.5. The number of amides is 1. The maximum Gasteiger partial charge on any atom is 0.253 e. The molecular formula is C20H23ClN2O2. The Morgan fingerprint density at radius 1 is 1.04 bits per heavy atom. The first-order chi connectivity index (χ1) is 12.0. The van der Waals surface area contributed by atoms with Crippen LogP contribution in [0.1, 0.15) is 24.2 Å². The highest BCUT2D eigenvalue weighted by Crippen LogP contribution is 2.22. The van der Waals surface area contributed by atoms with Crippen LogP contribution in [0.3, 0.4) is 0 Å². The summed E-state index contributed by atoms with van der Waals surface area (Å²) >= 11 is 6.07. The van der Waals surface area contributed by atoms with E-state index in [9.17, 15) is 4.79 Å². The van der Waals surface area contributed by atoms with Crippen molar-refractivity contribution in [2.24, 2.45) is 0 Å². The number of ether oxygens (including phenoxy) is 1. The lowest BCUT2D eigenvalue weighted by Gasteiger charge is -2.36. The predicted octanol–water partition coefficient (Wildman–Crippen LogP) is 4.09. The van der Waals surface area contributed by atoms with E-state index in [1.54, 1.807) is 0 Å². The van der Waals surface area contributed by atoms with Crippen LogP contribution in [0, 0.1) is 0 Å². The van der Waals surface area contributed by atoms with Gasteiger partial charge in [0.05, 0.1) is 6.10 Å². The molecule has 0 unspecified atom stereocenters. The van der Waals surface area contributed by atoms with Crippen LogP contribution in [0.2, 0.25) is 5.02 Å². The number of rotatable bonds is 4. The van der Waals surface area contributed by atoms with Gasteiger partial charge in [0, 0.05) is 42.5 Å². The molecule has 1 amide bonds. The zero-order valence-electron chi connectivity index (χ0n) is 14.6. The largest absolute Gasteiger partial charge is 0.491 e. The van der Waals surface area contributed by atoms with E-state index < -0.39 is 0 Å². The molecule has 1 aliphatic rings. The summed E-state index contributed by atoms with van der Waals surface area (Å²) in [5.74, 6) is 0.860. The number of carbonyl (C=O) groups excluding carboxylic acids is 1. The van der Waals surface area contributed by atoms with Crippen LogP contribution in [0.5, 0.6) is 5.75 Å². The van der Waals surface area contributed by atoms with Gasteiger partial charge in [-0.2, -0.15) is 0 Å². The lowest BCUT2D eigenvalue weighted by Crippen LogP contribution is -2.48. The molecule has 5 heteroatoms. The fraction of sp³-hybridized carbons (Fsp3) is 0.350. The Kier molecular flexibility index (Phi) is 5.49. The van der Waals surface area contributed by atoms with Crippen molar-refractivity contribution in [2.45, 2.75) is 20.0 Å². The Balaban J connectivity index is 1.59. The minimum atomic E-state index is 0.0711. The van der Waals surface area contributed by atoms with Crippen LogP contribution in [0.4, 0.5) is 5.69 Å². The summed E-state index contributed by atoms with van der Waals surface area (Å²) in [7, 11) is 0. The molecule has 4 nitrogen and oxygen atoms in total. The van der Waals surface area contributed by atoms with E-state index in [0.29, 0.717) is 18.7 Å². The van der Waals surface area contributed by atoms with Crippen molar-refractivity contribution in [3.63, 3.8) is 0 Å². The molecule has 1 saturated heterocycles. The van der Waals surface area contributed by atoms with Gasteiger partial charge >= 0.3 is 0 Å². The second-order valence-electron chi connectivity index (χ2n) is 6.45. The number of anilines is 1. The third-order valence-corrected chi connectivity index (χ3v) is 4.45. The van der Waals surface area contributed by atoms with E-state index in [0.717, 1.165) is 29.5 Å². The molecule has 2 aromatic carbocycles. The summed E-state index contributed by atoms with van der Waals surface area (Å²) in [6, 6.07) is 15.2. The minimum absolute atomic E-state index is 0.0711. The van der Waals surface area contributed by atoms with Crippen molar-refractivity contribution in [3.8, 4) is 5.75 Å². The van der Waals surface area contributed by atoms with Crippen molar-refractivity contribution in [1.29, 1.82) is 0 Å². The Morgan fingerprint density at radius 3 is 2.32 bits per heavy atom. The molecule has 1 aliphatic heterocycles. The van der Waals surface area contributed by atoms with E-state index in [4.69, 9.17) is 16.3 Å². The number of halogens is 1. The second kappa shape index (κ2) is 7.79. The van der Waals surface area contributed by atoms with Gasteiger partial charge in [-0.25, -0.2) is 0 Å². The third kappa shape index (κ3) is 4.45. The molecule has 0 radical (unpaired) electrons. The average Bonchev–Trinajstić information content (AvgIpc) is 2.61. The van der Waals surface area contributed by atoms with Crippen LogP contribution in [-0.4, -0.2) is 43.1 Å². The van der Waals surface area contributed by atoms with Gasteiger partial charge in [-0.05, 0) is 56.3 Å². The number of carbonyl (C=O) groups is 1. The molecule has 2 aromatic rings. The molecule has 0 saturated carbocycles. The van der Waals surface area contributed by atoms with E-state index in [1.165, 1.54) is 0 Å². The smallest absolute Gasteiger partial charge is 0.253 e. The Hall–Kier alpha value is -2.20. The molecule has 1 heterocycles. The van der Waals surface area contributed by atoms with Gasteiger partial charge in [0.2, 0.25) is 0 Å². The van der Waals surface area contributed by atoms with Gasteiger partial charge in [0.15, 0.2) is 0 Å². The number of hydrogen-bond donors (Lipinski definition) is 0.